The van der Waals surface area contributed by atoms with Crippen LogP contribution in [-0.2, 0) is 19.9 Å². The van der Waals surface area contributed by atoms with Gasteiger partial charge in [0.2, 0.25) is 5.76 Å². The Morgan fingerprint density at radius 3 is 2.84 bits per heavy atom. The average Bonchev–Trinajstić information content (AvgIpc) is 3.25. The molecule has 0 unspecified atom stereocenters. The Balaban J connectivity index is 1.73. The summed E-state index contributed by atoms with van der Waals surface area (Å²) < 4.78 is 7.41. The van der Waals surface area contributed by atoms with Gasteiger partial charge in [0.15, 0.2) is 11.0 Å². The molecule has 0 saturated carbocycles. The lowest BCUT2D eigenvalue weighted by molar-refractivity contribution is 0.0959. The molecule has 0 fully saturated rings. The number of fused-ring (bicyclic) bond motifs is 3. The van der Waals surface area contributed by atoms with Crippen LogP contribution in [0.3, 0.4) is 0 Å². The van der Waals surface area contributed by atoms with Gasteiger partial charge in [-0.15, -0.1) is 11.3 Å². The van der Waals surface area contributed by atoms with Crippen LogP contribution >= 0.6 is 11.3 Å². The fraction of sp³-hybridized carbons (Fsp3) is 0.412. The van der Waals surface area contributed by atoms with Crippen LogP contribution in [0.25, 0.3) is 11.3 Å². The number of nitrogens with zero attached hydrogens (tertiary/aromatic N) is 5. The summed E-state index contributed by atoms with van der Waals surface area (Å²) in [6.07, 6.45) is 3.73. The van der Waals surface area contributed by atoms with Crippen molar-refractivity contribution >= 4 is 22.4 Å². The van der Waals surface area contributed by atoms with Gasteiger partial charge in [-0.1, -0.05) is 0 Å². The third-order valence-corrected chi connectivity index (χ3v) is 5.62. The zero-order valence-corrected chi connectivity index (χ0v) is 15.5. The van der Waals surface area contributed by atoms with E-state index in [4.69, 9.17) is 9.40 Å². The van der Waals surface area contributed by atoms with Crippen LogP contribution in [0.5, 0.6) is 0 Å². The van der Waals surface area contributed by atoms with E-state index in [1.807, 2.05) is 24.9 Å². The van der Waals surface area contributed by atoms with Gasteiger partial charge in [-0.25, -0.2) is 9.97 Å². The maximum Gasteiger partial charge on any atom is 0.297 e. The molecule has 1 aliphatic carbocycles. The number of amides is 1. The lowest BCUT2D eigenvalue weighted by Gasteiger charge is -2.16. The maximum atomic E-state index is 12.9. The predicted octanol–water partition coefficient (Wildman–Crippen LogP) is 2.91. The Labute approximate surface area is 149 Å². The molecule has 0 radical (unpaired) electrons. The number of aryl methyl sites for hydroxylation is 4. The summed E-state index contributed by atoms with van der Waals surface area (Å²) in [5.41, 5.74) is 3.82. The van der Waals surface area contributed by atoms with E-state index in [-0.39, 0.29) is 11.7 Å². The van der Waals surface area contributed by atoms with Crippen molar-refractivity contribution in [3.63, 3.8) is 0 Å². The lowest BCUT2D eigenvalue weighted by atomic mass is 10.0. The molecule has 130 valence electrons. The molecule has 0 atom stereocenters. The SMILES string of the molecule is CCN(C(=O)c1oc(C)nc1C)c1nc2c(s1)CCc1c-2cnn1C. The van der Waals surface area contributed by atoms with Crippen LogP contribution in [0.2, 0.25) is 0 Å². The predicted molar refractivity (Wildman–Crippen MR) is 95.1 cm³/mol. The molecule has 0 saturated heterocycles. The molecule has 3 aromatic rings. The minimum absolute atomic E-state index is 0.196. The summed E-state index contributed by atoms with van der Waals surface area (Å²) in [6.45, 7) is 5.98. The van der Waals surface area contributed by atoms with E-state index in [1.54, 1.807) is 30.1 Å². The summed E-state index contributed by atoms with van der Waals surface area (Å²) in [4.78, 5) is 24.7. The summed E-state index contributed by atoms with van der Waals surface area (Å²) in [5, 5.41) is 5.04. The van der Waals surface area contributed by atoms with Gasteiger partial charge in [0.25, 0.3) is 5.91 Å². The van der Waals surface area contributed by atoms with Crippen molar-refractivity contribution in [1.82, 2.24) is 19.7 Å². The Hall–Kier alpha value is -2.48. The van der Waals surface area contributed by atoms with Gasteiger partial charge in [0.1, 0.15) is 0 Å². The van der Waals surface area contributed by atoms with Gasteiger partial charge in [-0.05, 0) is 26.7 Å². The quantitative estimate of drug-likeness (QED) is 0.720. The zero-order valence-electron chi connectivity index (χ0n) is 14.7. The van der Waals surface area contributed by atoms with Crippen LogP contribution < -0.4 is 4.90 Å². The number of oxazole rings is 1. The largest absolute Gasteiger partial charge is 0.436 e. The van der Waals surface area contributed by atoms with Gasteiger partial charge in [-0.3, -0.25) is 14.4 Å². The summed E-state index contributed by atoms with van der Waals surface area (Å²) >= 11 is 1.57. The molecule has 1 aliphatic rings. The second-order valence-corrected chi connectivity index (χ2v) is 7.16. The Kier molecular flexibility index (Phi) is 3.72. The molecule has 7 nitrogen and oxygen atoms in total. The average molecular weight is 357 g/mol. The molecule has 0 N–H and O–H groups in total. The first-order valence-electron chi connectivity index (χ1n) is 8.26. The number of carbonyl (C=O) groups excluding carboxylic acids is 1. The Bertz CT molecular complexity index is 968. The monoisotopic (exact) mass is 357 g/mol. The molecule has 0 spiro atoms. The number of hydrogen-bond acceptors (Lipinski definition) is 6. The molecule has 25 heavy (non-hydrogen) atoms. The molecule has 8 heteroatoms. The number of thiazole rings is 1. The highest BCUT2D eigenvalue weighted by Crippen LogP contribution is 2.39. The van der Waals surface area contributed by atoms with Crippen LogP contribution in [0.4, 0.5) is 5.13 Å². The zero-order chi connectivity index (χ0) is 17.7. The lowest BCUT2D eigenvalue weighted by Crippen LogP contribution is -2.30. The van der Waals surface area contributed by atoms with E-state index in [0.29, 0.717) is 23.3 Å². The van der Waals surface area contributed by atoms with Crippen LogP contribution in [0, 0.1) is 13.8 Å². The first kappa shape index (κ1) is 16.0. The molecule has 0 aromatic carbocycles. The molecule has 0 bridgehead atoms. The smallest absolute Gasteiger partial charge is 0.297 e. The Morgan fingerprint density at radius 2 is 2.16 bits per heavy atom. The van der Waals surface area contributed by atoms with Gasteiger partial charge >= 0.3 is 0 Å². The fourth-order valence-electron chi connectivity index (χ4n) is 3.24. The highest BCUT2D eigenvalue weighted by molar-refractivity contribution is 7.16. The molecule has 3 aromatic heterocycles. The minimum atomic E-state index is -0.196. The second kappa shape index (κ2) is 5.80. The van der Waals surface area contributed by atoms with Crippen molar-refractivity contribution in [1.29, 1.82) is 0 Å². The van der Waals surface area contributed by atoms with E-state index < -0.39 is 0 Å². The van der Waals surface area contributed by atoms with Gasteiger partial charge in [-0.2, -0.15) is 5.10 Å². The second-order valence-electron chi connectivity index (χ2n) is 6.09. The van der Waals surface area contributed by atoms with Gasteiger partial charge in [0, 0.05) is 36.7 Å². The summed E-state index contributed by atoms with van der Waals surface area (Å²) in [7, 11) is 1.95. The van der Waals surface area contributed by atoms with Crippen molar-refractivity contribution in [3.05, 3.63) is 34.1 Å². The Morgan fingerprint density at radius 1 is 1.36 bits per heavy atom. The summed E-state index contributed by atoms with van der Waals surface area (Å²) in [5.74, 6) is 0.586. The molecule has 1 amide bonds. The molecular weight excluding hydrogens is 338 g/mol. The number of aromatic nitrogens is 4. The van der Waals surface area contributed by atoms with Crippen molar-refractivity contribution in [2.45, 2.75) is 33.6 Å². The van der Waals surface area contributed by atoms with E-state index >= 15 is 0 Å². The molecular formula is C17H19N5O2S. The van der Waals surface area contributed by atoms with E-state index in [1.165, 1.54) is 10.6 Å². The van der Waals surface area contributed by atoms with Crippen molar-refractivity contribution in [3.8, 4) is 11.3 Å². The highest BCUT2D eigenvalue weighted by Gasteiger charge is 2.29. The summed E-state index contributed by atoms with van der Waals surface area (Å²) in [6, 6.07) is 0. The molecule has 4 rings (SSSR count). The van der Waals surface area contributed by atoms with E-state index in [2.05, 4.69) is 10.1 Å². The van der Waals surface area contributed by atoms with Gasteiger partial charge < -0.3 is 4.42 Å². The first-order chi connectivity index (χ1) is 12.0. The standard InChI is InChI=1S/C17H19N5O2S/c1-5-22(16(23)15-9(2)19-10(3)24-15)17-20-14-11-8-18-21(4)12(11)6-7-13(14)25-17/h8H,5-7H2,1-4H3. The highest BCUT2D eigenvalue weighted by atomic mass is 32.1. The van der Waals surface area contributed by atoms with E-state index in [0.717, 1.165) is 24.1 Å². The maximum absolute atomic E-state index is 12.9. The van der Waals surface area contributed by atoms with Crippen LogP contribution in [-0.4, -0.2) is 32.2 Å². The molecule has 0 aliphatic heterocycles. The first-order valence-corrected chi connectivity index (χ1v) is 9.08. The number of rotatable bonds is 3. The number of carbonyl (C=O) groups is 1. The van der Waals surface area contributed by atoms with Crippen molar-refractivity contribution in [2.24, 2.45) is 7.05 Å². The minimum Gasteiger partial charge on any atom is -0.436 e. The van der Waals surface area contributed by atoms with Crippen molar-refractivity contribution in [2.75, 3.05) is 11.4 Å². The van der Waals surface area contributed by atoms with E-state index in [9.17, 15) is 4.79 Å². The fourth-order valence-corrected chi connectivity index (χ4v) is 4.38. The van der Waals surface area contributed by atoms with Crippen LogP contribution in [0.15, 0.2) is 10.6 Å². The normalized spacial score (nSPS) is 12.8. The number of hydrogen-bond donors (Lipinski definition) is 0. The van der Waals surface area contributed by atoms with Crippen LogP contribution in [0.1, 0.15) is 39.6 Å². The third-order valence-electron chi connectivity index (χ3n) is 4.48. The van der Waals surface area contributed by atoms with Crippen molar-refractivity contribution < 1.29 is 9.21 Å². The topological polar surface area (TPSA) is 77.1 Å². The number of anilines is 1. The molecule has 3 heterocycles. The third kappa shape index (κ3) is 2.48. The van der Waals surface area contributed by atoms with Gasteiger partial charge in [0.05, 0.1) is 17.6 Å².